The molecule has 50 heavy (non-hydrogen) atoms. The number of nitrogens with zero attached hydrogens (tertiary/aromatic N) is 5. The first kappa shape index (κ1) is 27.6. The van der Waals surface area contributed by atoms with Gasteiger partial charge in [0.05, 0.1) is 6.85 Å². The summed E-state index contributed by atoms with van der Waals surface area (Å²) in [7, 11) is 0. The van der Waals surface area contributed by atoms with E-state index in [1.165, 1.54) is 4.58 Å². The minimum atomic E-state index is -0.453. The molecule has 0 atom stereocenters. The fraction of sp³-hybridized carbons (Fsp3) is 0.186. The Morgan fingerprint density at radius 3 is 2.20 bits per heavy atom. The van der Waals surface area contributed by atoms with Crippen LogP contribution < -0.4 is 13.9 Å². The zero-order valence-electron chi connectivity index (χ0n) is 33.5. The third kappa shape index (κ3) is 6.00. The Kier molecular flexibility index (Phi) is 6.98. The van der Waals surface area contributed by atoms with Gasteiger partial charge in [0.15, 0.2) is 0 Å². The molecular formula is C43H37N5OPt+2. The minimum absolute atomic E-state index is 0. The number of hydrogen-bond donors (Lipinski definition) is 0. The van der Waals surface area contributed by atoms with Crippen LogP contribution >= 0.6 is 0 Å². The van der Waals surface area contributed by atoms with Crippen LogP contribution in [0.25, 0.3) is 27.8 Å². The monoisotopic (exact) mass is 839 g/mol. The zero-order valence-corrected chi connectivity index (χ0v) is 30.8. The Labute approximate surface area is 314 Å². The van der Waals surface area contributed by atoms with Gasteiger partial charge in [0.1, 0.15) is 11.5 Å². The molecule has 0 fully saturated rings. The van der Waals surface area contributed by atoms with E-state index < -0.39 is 18.1 Å². The predicted octanol–water partition coefficient (Wildman–Crippen LogP) is 10.4. The topological polar surface area (TPSA) is 46.0 Å². The van der Waals surface area contributed by atoms with Crippen molar-refractivity contribution in [2.45, 2.75) is 52.4 Å². The van der Waals surface area contributed by atoms with Crippen LogP contribution in [-0.2, 0) is 31.9 Å². The molecule has 0 amide bonds. The quantitative estimate of drug-likeness (QED) is 0.128. The van der Waals surface area contributed by atoms with Crippen molar-refractivity contribution < 1.29 is 32.7 Å². The molecule has 0 unspecified atom stereocenters. The second-order valence-corrected chi connectivity index (χ2v) is 14.2. The molecule has 0 bridgehead atoms. The van der Waals surface area contributed by atoms with Gasteiger partial charge in [-0.05, 0) is 61.8 Å². The van der Waals surface area contributed by atoms with E-state index in [2.05, 4.69) is 76.4 Å². The van der Waals surface area contributed by atoms with Gasteiger partial charge in [0.2, 0.25) is 5.69 Å². The standard InChI is InChI=1S/C43H37N5O.Pt/c1-42(2,3)29-20-21-44-40(24-29)48-36-17-11-10-16-35(36)41-39(48)26-34(27-45-41)49-33-23-30(43(4,5)6)22-32(25-33)47-28-46(31-14-8-7-9-15-31)37-18-12-13-19-38(37)47;/h7-24,27H,1-6H3;/q;+2/i7D,8D,9D,14D,15D;. The van der Waals surface area contributed by atoms with Crippen LogP contribution in [-0.4, -0.2) is 20.5 Å². The van der Waals surface area contributed by atoms with Crippen LogP contribution in [0, 0.1) is 12.1 Å². The number of para-hydroxylation sites is 4. The fourth-order valence-electron chi connectivity index (χ4n) is 6.05. The largest absolute Gasteiger partial charge is 2.00 e. The van der Waals surface area contributed by atoms with E-state index in [1.807, 2.05) is 66.9 Å². The molecule has 4 heterocycles. The summed E-state index contributed by atoms with van der Waals surface area (Å²) in [6.07, 6.45) is 3.50. The summed E-state index contributed by atoms with van der Waals surface area (Å²) in [5.74, 6) is 1.57. The van der Waals surface area contributed by atoms with Crippen LogP contribution in [0.5, 0.6) is 11.5 Å². The van der Waals surface area contributed by atoms with Gasteiger partial charge >= 0.3 is 27.1 Å². The Morgan fingerprint density at radius 1 is 0.760 bits per heavy atom. The Balaban J connectivity index is 0.00000465. The van der Waals surface area contributed by atoms with Crippen LogP contribution in [0.3, 0.4) is 0 Å². The smallest absolute Gasteiger partial charge is 0.507 e. The molecule has 0 N–H and O–H groups in total. The van der Waals surface area contributed by atoms with Gasteiger partial charge < -0.3 is 14.3 Å². The third-order valence-electron chi connectivity index (χ3n) is 8.67. The van der Waals surface area contributed by atoms with Crippen molar-refractivity contribution in [3.63, 3.8) is 0 Å². The average molecular weight is 840 g/mol. The van der Waals surface area contributed by atoms with E-state index in [1.54, 1.807) is 10.8 Å². The molecule has 0 spiro atoms. The number of pyridine rings is 2. The number of benzene rings is 4. The first-order valence-electron chi connectivity index (χ1n) is 18.7. The summed E-state index contributed by atoms with van der Waals surface area (Å²) >= 11 is 0. The van der Waals surface area contributed by atoms with E-state index in [0.717, 1.165) is 38.9 Å². The van der Waals surface area contributed by atoms with Crippen molar-refractivity contribution in [1.29, 1.82) is 0 Å². The number of rotatable bonds is 5. The van der Waals surface area contributed by atoms with E-state index in [9.17, 15) is 0 Å². The molecule has 0 aliphatic carbocycles. The first-order valence-corrected chi connectivity index (χ1v) is 16.2. The number of hydrogen-bond acceptors (Lipinski definition) is 3. The molecule has 1 aliphatic rings. The summed E-state index contributed by atoms with van der Waals surface area (Å²) in [6, 6.07) is 31.9. The van der Waals surface area contributed by atoms with Crippen molar-refractivity contribution in [2.24, 2.45) is 0 Å². The molecule has 3 aromatic heterocycles. The molecule has 1 aliphatic heterocycles. The van der Waals surface area contributed by atoms with Crippen molar-refractivity contribution in [1.82, 2.24) is 23.7 Å². The molecule has 0 saturated carbocycles. The van der Waals surface area contributed by atoms with E-state index >= 15 is 0 Å². The molecule has 248 valence electrons. The van der Waals surface area contributed by atoms with Crippen LogP contribution in [0.4, 0.5) is 22.7 Å². The molecular weight excluding hydrogens is 798 g/mol. The summed E-state index contributed by atoms with van der Waals surface area (Å²) < 4.78 is 54.0. The second kappa shape index (κ2) is 12.6. The van der Waals surface area contributed by atoms with E-state index in [4.69, 9.17) is 21.6 Å². The SMILES string of the molecule is [2H]c1c([2H])c([2H])c([N+]2=C=[N+](c3[c-]c(Oc4[c-]c5c(nc4)c4ccccc4n5-c4cc(C(C)(C)C)ccn4)cc(C(C)(C)C)c3)c3ccccc32)c([2H])c1[2H].[Pt+2]. The average Bonchev–Trinajstić information content (AvgIpc) is 3.68. The van der Waals surface area contributed by atoms with E-state index in [0.29, 0.717) is 28.6 Å². The van der Waals surface area contributed by atoms with Crippen molar-refractivity contribution in [3.8, 4) is 17.3 Å². The Bertz CT molecular complexity index is 2750. The van der Waals surface area contributed by atoms with Crippen LogP contribution in [0.2, 0.25) is 0 Å². The van der Waals surface area contributed by atoms with Crippen molar-refractivity contribution in [2.75, 3.05) is 0 Å². The van der Waals surface area contributed by atoms with Crippen LogP contribution in [0.1, 0.15) is 59.5 Å². The van der Waals surface area contributed by atoms with Gasteiger partial charge in [-0.2, -0.15) is 0 Å². The molecule has 7 aromatic rings. The van der Waals surface area contributed by atoms with Gasteiger partial charge in [-0.15, -0.1) is 17.7 Å². The Hall–Kier alpha value is -5.15. The van der Waals surface area contributed by atoms with Crippen molar-refractivity contribution >= 4 is 50.7 Å². The molecule has 0 saturated heterocycles. The summed E-state index contributed by atoms with van der Waals surface area (Å²) in [6.45, 7) is 12.9. The maximum atomic E-state index is 8.67. The van der Waals surface area contributed by atoms with Gasteiger partial charge in [0, 0.05) is 47.4 Å². The minimum Gasteiger partial charge on any atom is -0.507 e. The van der Waals surface area contributed by atoms with Gasteiger partial charge in [-0.1, -0.05) is 107 Å². The predicted molar refractivity (Wildman–Crippen MR) is 199 cm³/mol. The molecule has 7 heteroatoms. The maximum Gasteiger partial charge on any atom is 2.00 e. The molecule has 6 nitrogen and oxygen atoms in total. The summed E-state index contributed by atoms with van der Waals surface area (Å²) in [4.78, 5) is 9.65. The van der Waals surface area contributed by atoms with Crippen LogP contribution in [0.15, 0.2) is 115 Å². The normalized spacial score (nSPS) is 14.2. The van der Waals surface area contributed by atoms with Crippen molar-refractivity contribution in [3.05, 3.63) is 139 Å². The number of fused-ring (bicyclic) bond motifs is 4. The maximum absolute atomic E-state index is 8.67. The summed E-state index contributed by atoms with van der Waals surface area (Å²) in [5.41, 5.74) is 6.10. The molecule has 8 rings (SSSR count). The zero-order chi connectivity index (χ0) is 38.3. The Morgan fingerprint density at radius 2 is 1.46 bits per heavy atom. The number of ether oxygens (including phenoxy) is 1. The van der Waals surface area contributed by atoms with E-state index in [-0.39, 0.29) is 49.7 Å². The third-order valence-corrected chi connectivity index (χ3v) is 8.67. The van der Waals surface area contributed by atoms with Gasteiger partial charge in [-0.3, -0.25) is 0 Å². The second-order valence-electron chi connectivity index (χ2n) is 14.2. The molecule has 0 radical (unpaired) electrons. The molecule has 4 aromatic carbocycles. The number of aromatic nitrogens is 3. The summed E-state index contributed by atoms with van der Waals surface area (Å²) in [5, 5.41) is 0.976. The van der Waals surface area contributed by atoms with Gasteiger partial charge in [0.25, 0.3) is 11.4 Å². The fourth-order valence-corrected chi connectivity index (χ4v) is 6.05. The van der Waals surface area contributed by atoms with Gasteiger partial charge in [-0.25, -0.2) is 4.98 Å². The first-order chi connectivity index (χ1) is 25.6.